The standard InChI is InChI=1S/C19H25NO2/c21-13-14-5-4-10-20(12-14)18(22)17-11-19(17)9-3-7-15-6-1-2-8-16(15)19/h1-2,6,8,14,17,21H,3-5,7,9-13H2. The molecule has 118 valence electrons. The van der Waals surface area contributed by atoms with E-state index in [4.69, 9.17) is 0 Å². The van der Waals surface area contributed by atoms with E-state index >= 15 is 0 Å². The second-order valence-corrected chi connectivity index (χ2v) is 7.40. The number of benzene rings is 1. The number of hydrogen-bond acceptors (Lipinski definition) is 2. The highest BCUT2D eigenvalue weighted by Gasteiger charge is 2.60. The van der Waals surface area contributed by atoms with E-state index in [1.165, 1.54) is 17.5 Å². The Bertz CT molecular complexity index is 585. The van der Waals surface area contributed by atoms with Gasteiger partial charge in [-0.3, -0.25) is 4.79 Å². The molecule has 1 aromatic rings. The summed E-state index contributed by atoms with van der Waals surface area (Å²) in [7, 11) is 0. The molecule has 2 aliphatic carbocycles. The van der Waals surface area contributed by atoms with E-state index in [2.05, 4.69) is 24.3 Å². The molecule has 1 aliphatic heterocycles. The van der Waals surface area contributed by atoms with Gasteiger partial charge in [0.15, 0.2) is 0 Å². The Morgan fingerprint density at radius 2 is 2.18 bits per heavy atom. The van der Waals surface area contributed by atoms with Gasteiger partial charge in [0, 0.05) is 31.0 Å². The normalized spacial score (nSPS) is 33.6. The summed E-state index contributed by atoms with van der Waals surface area (Å²) >= 11 is 0. The third kappa shape index (κ3) is 2.18. The van der Waals surface area contributed by atoms with Gasteiger partial charge < -0.3 is 10.0 Å². The minimum Gasteiger partial charge on any atom is -0.396 e. The highest BCUT2D eigenvalue weighted by atomic mass is 16.3. The summed E-state index contributed by atoms with van der Waals surface area (Å²) in [6.07, 6.45) is 6.65. The molecule has 1 spiro atoms. The minimum absolute atomic E-state index is 0.137. The Kier molecular flexibility index (Phi) is 3.48. The van der Waals surface area contributed by atoms with E-state index < -0.39 is 0 Å². The van der Waals surface area contributed by atoms with E-state index in [0.717, 1.165) is 45.2 Å². The molecule has 3 atom stereocenters. The van der Waals surface area contributed by atoms with Crippen molar-refractivity contribution in [1.82, 2.24) is 4.90 Å². The molecule has 1 N–H and O–H groups in total. The fourth-order valence-electron chi connectivity index (χ4n) is 4.79. The summed E-state index contributed by atoms with van der Waals surface area (Å²) in [5, 5.41) is 9.38. The smallest absolute Gasteiger partial charge is 0.226 e. The van der Waals surface area contributed by atoms with Gasteiger partial charge in [-0.25, -0.2) is 0 Å². The van der Waals surface area contributed by atoms with E-state index in [0.29, 0.717) is 5.91 Å². The average Bonchev–Trinajstić information content (AvgIpc) is 3.29. The van der Waals surface area contributed by atoms with Crippen LogP contribution in [0.1, 0.15) is 43.2 Å². The minimum atomic E-state index is 0.137. The van der Waals surface area contributed by atoms with Crippen molar-refractivity contribution < 1.29 is 9.90 Å². The van der Waals surface area contributed by atoms with E-state index in [1.807, 2.05) is 4.90 Å². The first-order chi connectivity index (χ1) is 10.7. The number of likely N-dealkylation sites (tertiary alicyclic amines) is 1. The highest BCUT2D eigenvalue weighted by molar-refractivity contribution is 5.85. The molecule has 0 radical (unpaired) electrons. The van der Waals surface area contributed by atoms with Crippen molar-refractivity contribution in [2.75, 3.05) is 19.7 Å². The van der Waals surface area contributed by atoms with Crippen molar-refractivity contribution in [2.45, 2.75) is 43.9 Å². The third-order valence-corrected chi connectivity index (χ3v) is 6.09. The van der Waals surface area contributed by atoms with Crippen LogP contribution in [0, 0.1) is 11.8 Å². The Labute approximate surface area is 132 Å². The Balaban J connectivity index is 1.53. The fourth-order valence-corrected chi connectivity index (χ4v) is 4.79. The monoisotopic (exact) mass is 299 g/mol. The van der Waals surface area contributed by atoms with Gasteiger partial charge in [-0.2, -0.15) is 0 Å². The molecule has 0 aromatic heterocycles. The molecule has 3 nitrogen and oxygen atoms in total. The number of rotatable bonds is 2. The van der Waals surface area contributed by atoms with Crippen molar-refractivity contribution in [1.29, 1.82) is 0 Å². The summed E-state index contributed by atoms with van der Waals surface area (Å²) in [4.78, 5) is 15.0. The number of carbonyl (C=O) groups is 1. The molecular formula is C19H25NO2. The number of nitrogens with zero attached hydrogens (tertiary/aromatic N) is 1. The maximum atomic E-state index is 12.9. The summed E-state index contributed by atoms with van der Waals surface area (Å²) in [6, 6.07) is 8.72. The average molecular weight is 299 g/mol. The molecule has 3 unspecified atom stereocenters. The maximum absolute atomic E-state index is 12.9. The molecule has 2 fully saturated rings. The van der Waals surface area contributed by atoms with Crippen molar-refractivity contribution >= 4 is 5.91 Å². The topological polar surface area (TPSA) is 40.5 Å². The zero-order chi connectivity index (χ0) is 15.2. The van der Waals surface area contributed by atoms with Gasteiger partial charge in [0.25, 0.3) is 0 Å². The SMILES string of the molecule is O=C(C1CC12CCCc1ccccc12)N1CCCC(CO)C1. The lowest BCUT2D eigenvalue weighted by molar-refractivity contribution is -0.135. The Morgan fingerprint density at radius 3 is 3.05 bits per heavy atom. The molecule has 1 saturated heterocycles. The van der Waals surface area contributed by atoms with Gasteiger partial charge in [-0.1, -0.05) is 24.3 Å². The predicted molar refractivity (Wildman–Crippen MR) is 85.6 cm³/mol. The lowest BCUT2D eigenvalue weighted by Gasteiger charge is -2.33. The quantitative estimate of drug-likeness (QED) is 0.911. The van der Waals surface area contributed by atoms with Crippen LogP contribution in [0.3, 0.4) is 0 Å². The first kappa shape index (κ1) is 14.3. The van der Waals surface area contributed by atoms with Crippen LogP contribution >= 0.6 is 0 Å². The Morgan fingerprint density at radius 1 is 1.32 bits per heavy atom. The number of aryl methyl sites for hydroxylation is 1. The van der Waals surface area contributed by atoms with Crippen LogP contribution in [0.5, 0.6) is 0 Å². The van der Waals surface area contributed by atoms with E-state index in [-0.39, 0.29) is 23.9 Å². The van der Waals surface area contributed by atoms with Crippen LogP contribution in [0.25, 0.3) is 0 Å². The van der Waals surface area contributed by atoms with E-state index in [1.54, 1.807) is 0 Å². The molecular weight excluding hydrogens is 274 g/mol. The van der Waals surface area contributed by atoms with Gasteiger partial charge in [-0.05, 0) is 55.6 Å². The lowest BCUT2D eigenvalue weighted by atomic mass is 9.78. The number of carbonyl (C=O) groups excluding carboxylic acids is 1. The number of fused-ring (bicyclic) bond motifs is 2. The van der Waals surface area contributed by atoms with Gasteiger partial charge in [0.1, 0.15) is 0 Å². The van der Waals surface area contributed by atoms with Crippen LogP contribution in [0.4, 0.5) is 0 Å². The first-order valence-corrected chi connectivity index (χ1v) is 8.72. The van der Waals surface area contributed by atoms with E-state index in [9.17, 15) is 9.90 Å². The first-order valence-electron chi connectivity index (χ1n) is 8.72. The third-order valence-electron chi connectivity index (χ3n) is 6.09. The van der Waals surface area contributed by atoms with Gasteiger partial charge >= 0.3 is 0 Å². The number of aliphatic hydroxyl groups is 1. The molecule has 1 aromatic carbocycles. The molecule has 3 aliphatic rings. The lowest BCUT2D eigenvalue weighted by Crippen LogP contribution is -2.42. The maximum Gasteiger partial charge on any atom is 0.226 e. The van der Waals surface area contributed by atoms with Crippen LogP contribution in [-0.2, 0) is 16.6 Å². The largest absolute Gasteiger partial charge is 0.396 e. The number of aliphatic hydroxyl groups excluding tert-OH is 1. The second-order valence-electron chi connectivity index (χ2n) is 7.40. The van der Waals surface area contributed by atoms with Gasteiger partial charge in [-0.15, -0.1) is 0 Å². The van der Waals surface area contributed by atoms with Crippen molar-refractivity contribution in [2.24, 2.45) is 11.8 Å². The zero-order valence-corrected chi connectivity index (χ0v) is 13.1. The molecule has 4 rings (SSSR count). The molecule has 1 saturated carbocycles. The van der Waals surface area contributed by atoms with Crippen LogP contribution < -0.4 is 0 Å². The fraction of sp³-hybridized carbons (Fsp3) is 0.632. The highest BCUT2D eigenvalue weighted by Crippen LogP contribution is 2.60. The number of amides is 1. The van der Waals surface area contributed by atoms with Crippen molar-refractivity contribution in [3.8, 4) is 0 Å². The molecule has 22 heavy (non-hydrogen) atoms. The summed E-state index contributed by atoms with van der Waals surface area (Å²) in [5.41, 5.74) is 3.03. The van der Waals surface area contributed by atoms with Gasteiger partial charge in [0.2, 0.25) is 5.91 Å². The summed E-state index contributed by atoms with van der Waals surface area (Å²) in [5.74, 6) is 0.812. The summed E-state index contributed by atoms with van der Waals surface area (Å²) in [6.45, 7) is 1.84. The number of piperidine rings is 1. The molecule has 0 bridgehead atoms. The molecule has 1 heterocycles. The van der Waals surface area contributed by atoms with Gasteiger partial charge in [0.05, 0.1) is 0 Å². The molecule has 3 heteroatoms. The second kappa shape index (κ2) is 5.38. The van der Waals surface area contributed by atoms with Crippen LogP contribution in [0.2, 0.25) is 0 Å². The van der Waals surface area contributed by atoms with Crippen molar-refractivity contribution in [3.63, 3.8) is 0 Å². The summed E-state index contributed by atoms with van der Waals surface area (Å²) < 4.78 is 0. The zero-order valence-electron chi connectivity index (χ0n) is 13.1. The molecule has 1 amide bonds. The Hall–Kier alpha value is -1.35. The number of hydrogen-bond donors (Lipinski definition) is 1. The van der Waals surface area contributed by atoms with Crippen molar-refractivity contribution in [3.05, 3.63) is 35.4 Å². The van der Waals surface area contributed by atoms with Crippen LogP contribution in [-0.4, -0.2) is 35.6 Å². The predicted octanol–water partition coefficient (Wildman–Crippen LogP) is 2.51. The van der Waals surface area contributed by atoms with Crippen LogP contribution in [0.15, 0.2) is 24.3 Å².